The van der Waals surface area contributed by atoms with Crippen molar-refractivity contribution < 1.29 is 22.3 Å². The van der Waals surface area contributed by atoms with Crippen LogP contribution in [0.25, 0.3) is 0 Å². The zero-order chi connectivity index (χ0) is 12.6. The van der Waals surface area contributed by atoms with Gasteiger partial charge in [0.05, 0.1) is 6.61 Å². The zero-order valence-electron chi connectivity index (χ0n) is 9.19. The van der Waals surface area contributed by atoms with Crippen LogP contribution < -0.4 is 5.32 Å². The third-order valence-electron chi connectivity index (χ3n) is 1.85. The van der Waals surface area contributed by atoms with Gasteiger partial charge in [0, 0.05) is 6.04 Å². The Bertz CT molecular complexity index is 199. The topological polar surface area (TPSA) is 21.3 Å². The van der Waals surface area contributed by atoms with E-state index in [-0.39, 0.29) is 12.6 Å². The van der Waals surface area contributed by atoms with Gasteiger partial charge in [-0.15, -0.1) is 6.58 Å². The van der Waals surface area contributed by atoms with E-state index in [0.717, 1.165) is 6.42 Å². The first-order valence-electron chi connectivity index (χ1n) is 5.03. The van der Waals surface area contributed by atoms with Gasteiger partial charge < -0.3 is 10.1 Å². The van der Waals surface area contributed by atoms with Gasteiger partial charge in [0.1, 0.15) is 6.61 Å². The van der Waals surface area contributed by atoms with Crippen LogP contribution in [-0.4, -0.2) is 38.1 Å². The van der Waals surface area contributed by atoms with Crippen LogP contribution in [0.2, 0.25) is 0 Å². The van der Waals surface area contributed by atoms with Gasteiger partial charge in [-0.3, -0.25) is 0 Å². The van der Waals surface area contributed by atoms with Crippen molar-refractivity contribution in [2.24, 2.45) is 0 Å². The fraction of sp³-hybridized carbons (Fsp3) is 0.800. The molecule has 0 aliphatic rings. The maximum Gasteiger partial charge on any atom is 0.330 e. The highest BCUT2D eigenvalue weighted by molar-refractivity contribution is 4.85. The molecule has 1 N–H and O–H groups in total. The standard InChI is InChI=1S/C10H17F4NO/c1-3-5-15-8(4-2)6-16-7-10(13,14)9(11)12/h4,8-9,15H,2-3,5-7H2,1H3. The molecule has 0 aromatic rings. The third-order valence-corrected chi connectivity index (χ3v) is 1.85. The van der Waals surface area contributed by atoms with Gasteiger partial charge in [0.2, 0.25) is 0 Å². The van der Waals surface area contributed by atoms with E-state index in [1.807, 2.05) is 6.92 Å². The molecule has 0 saturated heterocycles. The molecule has 0 aliphatic carbocycles. The number of nitrogens with one attached hydrogen (secondary N) is 1. The predicted octanol–water partition coefficient (Wildman–Crippen LogP) is 2.46. The Morgan fingerprint density at radius 3 is 2.50 bits per heavy atom. The Labute approximate surface area is 92.7 Å². The molecule has 0 radical (unpaired) electrons. The molecule has 6 heteroatoms. The molecule has 0 bridgehead atoms. The van der Waals surface area contributed by atoms with E-state index >= 15 is 0 Å². The summed E-state index contributed by atoms with van der Waals surface area (Å²) in [5.74, 6) is -4.09. The van der Waals surface area contributed by atoms with Gasteiger partial charge in [0.25, 0.3) is 0 Å². The van der Waals surface area contributed by atoms with Gasteiger partial charge in [-0.25, -0.2) is 8.78 Å². The number of halogens is 4. The average molecular weight is 243 g/mol. The van der Waals surface area contributed by atoms with Crippen LogP contribution in [-0.2, 0) is 4.74 Å². The molecule has 0 rings (SSSR count). The lowest BCUT2D eigenvalue weighted by atomic mass is 10.3. The molecule has 0 aliphatic heterocycles. The number of hydrogen-bond acceptors (Lipinski definition) is 2. The van der Waals surface area contributed by atoms with E-state index in [9.17, 15) is 17.6 Å². The van der Waals surface area contributed by atoms with Crippen molar-refractivity contribution in [2.45, 2.75) is 31.7 Å². The second-order valence-corrected chi connectivity index (χ2v) is 3.37. The fourth-order valence-electron chi connectivity index (χ4n) is 0.925. The lowest BCUT2D eigenvalue weighted by molar-refractivity contribution is -0.166. The highest BCUT2D eigenvalue weighted by Crippen LogP contribution is 2.22. The minimum Gasteiger partial charge on any atom is -0.373 e. The van der Waals surface area contributed by atoms with Gasteiger partial charge >= 0.3 is 12.3 Å². The molecular formula is C10H17F4NO. The molecule has 0 aromatic carbocycles. The van der Waals surface area contributed by atoms with Gasteiger partial charge in [-0.1, -0.05) is 13.0 Å². The first-order valence-corrected chi connectivity index (χ1v) is 5.03. The molecule has 96 valence electrons. The molecule has 0 amide bonds. The minimum atomic E-state index is -4.09. The van der Waals surface area contributed by atoms with Gasteiger partial charge in [-0.2, -0.15) is 8.78 Å². The van der Waals surface area contributed by atoms with Crippen molar-refractivity contribution in [3.05, 3.63) is 12.7 Å². The normalized spacial score (nSPS) is 14.1. The van der Waals surface area contributed by atoms with Crippen molar-refractivity contribution in [3.8, 4) is 0 Å². The van der Waals surface area contributed by atoms with Crippen molar-refractivity contribution in [3.63, 3.8) is 0 Å². The van der Waals surface area contributed by atoms with E-state index in [0.29, 0.717) is 6.54 Å². The molecule has 1 atom stereocenters. The summed E-state index contributed by atoms with van der Waals surface area (Å²) in [5.41, 5.74) is 0. The number of ether oxygens (including phenoxy) is 1. The number of rotatable bonds is 9. The van der Waals surface area contributed by atoms with Crippen molar-refractivity contribution in [2.75, 3.05) is 19.8 Å². The van der Waals surface area contributed by atoms with Crippen LogP contribution in [0, 0.1) is 0 Å². The minimum absolute atomic E-state index is 0.0915. The first-order chi connectivity index (χ1) is 7.44. The lowest BCUT2D eigenvalue weighted by Crippen LogP contribution is -2.37. The number of hydrogen-bond donors (Lipinski definition) is 1. The lowest BCUT2D eigenvalue weighted by Gasteiger charge is -2.18. The van der Waals surface area contributed by atoms with Crippen LogP contribution in [0.3, 0.4) is 0 Å². The molecule has 2 nitrogen and oxygen atoms in total. The number of alkyl halides is 4. The van der Waals surface area contributed by atoms with Crippen LogP contribution in [0.15, 0.2) is 12.7 Å². The summed E-state index contributed by atoms with van der Waals surface area (Å²) >= 11 is 0. The zero-order valence-corrected chi connectivity index (χ0v) is 9.19. The molecule has 0 spiro atoms. The molecular weight excluding hydrogens is 226 g/mol. The Balaban J connectivity index is 3.81. The Morgan fingerprint density at radius 1 is 1.44 bits per heavy atom. The molecule has 16 heavy (non-hydrogen) atoms. The fourth-order valence-corrected chi connectivity index (χ4v) is 0.925. The van der Waals surface area contributed by atoms with Crippen LogP contribution in [0.4, 0.5) is 17.6 Å². The van der Waals surface area contributed by atoms with Crippen molar-refractivity contribution in [1.29, 1.82) is 0 Å². The summed E-state index contributed by atoms with van der Waals surface area (Å²) in [5, 5.41) is 2.96. The van der Waals surface area contributed by atoms with E-state index in [2.05, 4.69) is 16.6 Å². The van der Waals surface area contributed by atoms with Crippen molar-refractivity contribution in [1.82, 2.24) is 5.32 Å². The predicted molar refractivity (Wildman–Crippen MR) is 54.0 cm³/mol. The summed E-state index contributed by atoms with van der Waals surface area (Å²) in [4.78, 5) is 0. The van der Waals surface area contributed by atoms with E-state index < -0.39 is 19.0 Å². The van der Waals surface area contributed by atoms with Crippen molar-refractivity contribution >= 4 is 0 Å². The molecule has 0 saturated carbocycles. The summed E-state index contributed by atoms with van der Waals surface area (Å²) in [6, 6.07) is -0.298. The maximum atomic E-state index is 12.4. The quantitative estimate of drug-likeness (QED) is 0.496. The highest BCUT2D eigenvalue weighted by atomic mass is 19.3. The average Bonchev–Trinajstić information content (AvgIpc) is 2.22. The highest BCUT2D eigenvalue weighted by Gasteiger charge is 2.40. The monoisotopic (exact) mass is 243 g/mol. The second-order valence-electron chi connectivity index (χ2n) is 3.37. The molecule has 0 fully saturated rings. The van der Waals surface area contributed by atoms with E-state index in [4.69, 9.17) is 0 Å². The second kappa shape index (κ2) is 7.62. The van der Waals surface area contributed by atoms with E-state index in [1.54, 1.807) is 0 Å². The SMILES string of the molecule is C=CC(COCC(F)(F)C(F)F)NCCC. The Hall–Kier alpha value is -0.620. The third kappa shape index (κ3) is 6.07. The van der Waals surface area contributed by atoms with Crippen LogP contribution >= 0.6 is 0 Å². The van der Waals surface area contributed by atoms with Crippen LogP contribution in [0.5, 0.6) is 0 Å². The summed E-state index contributed by atoms with van der Waals surface area (Å²) in [7, 11) is 0. The van der Waals surface area contributed by atoms with Crippen LogP contribution in [0.1, 0.15) is 13.3 Å². The largest absolute Gasteiger partial charge is 0.373 e. The smallest absolute Gasteiger partial charge is 0.330 e. The Morgan fingerprint density at radius 2 is 2.06 bits per heavy atom. The summed E-state index contributed by atoms with van der Waals surface area (Å²) in [6.45, 7) is 4.75. The Kier molecular flexibility index (Phi) is 7.33. The molecule has 0 heterocycles. The van der Waals surface area contributed by atoms with Gasteiger partial charge in [0.15, 0.2) is 0 Å². The molecule has 1 unspecified atom stereocenters. The van der Waals surface area contributed by atoms with Gasteiger partial charge in [-0.05, 0) is 13.0 Å². The maximum absolute atomic E-state index is 12.4. The summed E-state index contributed by atoms with van der Waals surface area (Å²) < 4.78 is 52.9. The first kappa shape index (κ1) is 15.4. The summed E-state index contributed by atoms with van der Waals surface area (Å²) in [6.07, 6.45) is -1.33. The molecule has 0 aromatic heterocycles. The van der Waals surface area contributed by atoms with E-state index in [1.165, 1.54) is 6.08 Å².